The van der Waals surface area contributed by atoms with Crippen molar-refractivity contribution in [1.29, 1.82) is 0 Å². The molecule has 0 atom stereocenters. The molecule has 1 aromatic rings. The average molecular weight is 221 g/mol. The fourth-order valence-electron chi connectivity index (χ4n) is 1.82. The average Bonchev–Trinajstić information content (AvgIpc) is 2.53. The number of ether oxygens (including phenoxy) is 1. The van der Waals surface area contributed by atoms with Crippen LogP contribution in [-0.4, -0.2) is 31.1 Å². The minimum absolute atomic E-state index is 0.0420. The number of aromatic carboxylic acids is 1. The number of hydrogen-bond donors (Lipinski definition) is 1. The molecule has 5 heteroatoms. The number of carboxylic acid groups (broad SMARTS) is 1. The molecule has 0 bridgehead atoms. The smallest absolute Gasteiger partial charge is 0.339 e. The molecule has 1 aliphatic heterocycles. The summed E-state index contributed by atoms with van der Waals surface area (Å²) in [6, 6.07) is 3.08. The highest BCUT2D eigenvalue weighted by Crippen LogP contribution is 2.34. The van der Waals surface area contributed by atoms with E-state index in [9.17, 15) is 9.59 Å². The van der Waals surface area contributed by atoms with E-state index in [1.54, 1.807) is 13.1 Å². The summed E-state index contributed by atoms with van der Waals surface area (Å²) in [5, 5.41) is 8.98. The number of anilines is 1. The van der Waals surface area contributed by atoms with Crippen LogP contribution < -0.4 is 9.64 Å². The first-order chi connectivity index (χ1) is 7.54. The molecule has 0 saturated heterocycles. The first kappa shape index (κ1) is 10.5. The molecular formula is C11H11NO4. The van der Waals surface area contributed by atoms with E-state index < -0.39 is 5.97 Å². The predicted molar refractivity (Wildman–Crippen MR) is 57.1 cm³/mol. The van der Waals surface area contributed by atoms with E-state index in [0.717, 1.165) is 5.56 Å². The van der Waals surface area contributed by atoms with Crippen molar-refractivity contribution in [2.45, 2.75) is 6.42 Å². The fraction of sp³-hybridized carbons (Fsp3) is 0.273. The van der Waals surface area contributed by atoms with Crippen molar-refractivity contribution in [3.8, 4) is 5.75 Å². The second kappa shape index (κ2) is 3.52. The summed E-state index contributed by atoms with van der Waals surface area (Å²) >= 11 is 0. The molecule has 1 heterocycles. The molecule has 0 aliphatic carbocycles. The second-order valence-electron chi connectivity index (χ2n) is 3.62. The van der Waals surface area contributed by atoms with Crippen LogP contribution in [0.3, 0.4) is 0 Å². The molecule has 0 fully saturated rings. The lowest BCUT2D eigenvalue weighted by Crippen LogP contribution is -2.20. The Hall–Kier alpha value is -2.04. The van der Waals surface area contributed by atoms with Crippen molar-refractivity contribution in [3.63, 3.8) is 0 Å². The lowest BCUT2D eigenvalue weighted by molar-refractivity contribution is -0.117. The van der Waals surface area contributed by atoms with Crippen LogP contribution in [0.2, 0.25) is 0 Å². The maximum atomic E-state index is 11.4. The molecule has 0 saturated carbocycles. The van der Waals surface area contributed by atoms with Gasteiger partial charge in [-0.2, -0.15) is 0 Å². The molecule has 1 aromatic carbocycles. The molecule has 2 rings (SSSR count). The summed E-state index contributed by atoms with van der Waals surface area (Å²) in [5.74, 6) is -0.825. The van der Waals surface area contributed by atoms with E-state index in [4.69, 9.17) is 9.84 Å². The zero-order valence-electron chi connectivity index (χ0n) is 8.98. The van der Waals surface area contributed by atoms with Gasteiger partial charge in [-0.3, -0.25) is 4.79 Å². The third-order valence-corrected chi connectivity index (χ3v) is 2.71. The molecule has 1 amide bonds. The van der Waals surface area contributed by atoms with Crippen molar-refractivity contribution < 1.29 is 19.4 Å². The van der Waals surface area contributed by atoms with Gasteiger partial charge in [-0.15, -0.1) is 0 Å². The van der Waals surface area contributed by atoms with Gasteiger partial charge in [0, 0.05) is 13.1 Å². The van der Waals surface area contributed by atoms with Crippen molar-refractivity contribution in [2.75, 3.05) is 19.1 Å². The van der Waals surface area contributed by atoms with E-state index in [-0.39, 0.29) is 23.6 Å². The van der Waals surface area contributed by atoms with Crippen LogP contribution in [0.25, 0.3) is 0 Å². The first-order valence-electron chi connectivity index (χ1n) is 4.75. The number of methoxy groups -OCH3 is 1. The number of nitrogens with zero attached hydrogens (tertiary/aromatic N) is 1. The Kier molecular flexibility index (Phi) is 2.30. The molecule has 16 heavy (non-hydrogen) atoms. The Labute approximate surface area is 92.2 Å². The van der Waals surface area contributed by atoms with Gasteiger partial charge in [0.15, 0.2) is 0 Å². The number of likely N-dealkylation sites (N-methyl/N-ethyl adjacent to an activating group) is 1. The molecule has 1 N–H and O–H groups in total. The summed E-state index contributed by atoms with van der Waals surface area (Å²) < 4.78 is 5.00. The molecule has 0 unspecified atom stereocenters. The minimum Gasteiger partial charge on any atom is -0.496 e. The van der Waals surface area contributed by atoms with Crippen molar-refractivity contribution >= 4 is 17.6 Å². The van der Waals surface area contributed by atoms with E-state index in [2.05, 4.69) is 0 Å². The third kappa shape index (κ3) is 1.41. The number of rotatable bonds is 2. The maximum absolute atomic E-state index is 11.4. The Morgan fingerprint density at radius 1 is 1.50 bits per heavy atom. The summed E-state index contributed by atoms with van der Waals surface area (Å²) in [5.41, 5.74) is 1.53. The van der Waals surface area contributed by atoms with Crippen LogP contribution in [0.1, 0.15) is 15.9 Å². The molecule has 84 valence electrons. The number of carbonyl (C=O) groups is 2. The summed E-state index contributed by atoms with van der Waals surface area (Å²) in [6.45, 7) is 0. The molecule has 0 aromatic heterocycles. The molecule has 1 aliphatic rings. The highest BCUT2D eigenvalue weighted by atomic mass is 16.5. The SMILES string of the molecule is COc1cc2c(cc1C(=O)O)CC(=O)N2C. The van der Waals surface area contributed by atoms with Gasteiger partial charge in [0.05, 0.1) is 19.2 Å². The van der Waals surface area contributed by atoms with E-state index in [1.807, 2.05) is 0 Å². The predicted octanol–water partition coefficient (Wildman–Crippen LogP) is 0.912. The van der Waals surface area contributed by atoms with Crippen LogP contribution in [0.15, 0.2) is 12.1 Å². The number of carboxylic acids is 1. The zero-order valence-corrected chi connectivity index (χ0v) is 8.98. The quantitative estimate of drug-likeness (QED) is 0.806. The third-order valence-electron chi connectivity index (χ3n) is 2.71. The number of carbonyl (C=O) groups excluding carboxylic acids is 1. The molecule has 0 spiro atoms. The highest BCUT2D eigenvalue weighted by Gasteiger charge is 2.27. The summed E-state index contributed by atoms with van der Waals surface area (Å²) in [4.78, 5) is 23.9. The summed E-state index contributed by atoms with van der Waals surface area (Å²) in [7, 11) is 3.07. The number of benzene rings is 1. The Morgan fingerprint density at radius 3 is 2.75 bits per heavy atom. The second-order valence-corrected chi connectivity index (χ2v) is 3.62. The van der Waals surface area contributed by atoms with Gasteiger partial charge in [0.1, 0.15) is 11.3 Å². The monoisotopic (exact) mass is 221 g/mol. The van der Waals surface area contributed by atoms with Gasteiger partial charge >= 0.3 is 5.97 Å². The lowest BCUT2D eigenvalue weighted by atomic mass is 10.1. The Bertz CT molecular complexity index is 481. The fourth-order valence-corrected chi connectivity index (χ4v) is 1.82. The van der Waals surface area contributed by atoms with Crippen LogP contribution in [-0.2, 0) is 11.2 Å². The number of amides is 1. The van der Waals surface area contributed by atoms with Gasteiger partial charge in [0.2, 0.25) is 5.91 Å². The largest absolute Gasteiger partial charge is 0.496 e. The van der Waals surface area contributed by atoms with Crippen LogP contribution >= 0.6 is 0 Å². The van der Waals surface area contributed by atoms with Gasteiger partial charge in [-0.25, -0.2) is 4.79 Å². The number of hydrogen-bond acceptors (Lipinski definition) is 3. The van der Waals surface area contributed by atoms with Crippen LogP contribution in [0.4, 0.5) is 5.69 Å². The van der Waals surface area contributed by atoms with Gasteiger partial charge in [-0.05, 0) is 11.6 Å². The molecule has 0 radical (unpaired) electrons. The maximum Gasteiger partial charge on any atom is 0.339 e. The number of fused-ring (bicyclic) bond motifs is 1. The Morgan fingerprint density at radius 2 is 2.19 bits per heavy atom. The van der Waals surface area contributed by atoms with Crippen molar-refractivity contribution in [2.24, 2.45) is 0 Å². The highest BCUT2D eigenvalue weighted by molar-refractivity contribution is 6.03. The zero-order chi connectivity index (χ0) is 11.9. The van der Waals surface area contributed by atoms with E-state index >= 15 is 0 Å². The Balaban J connectivity index is 2.59. The molecular weight excluding hydrogens is 210 g/mol. The topological polar surface area (TPSA) is 66.8 Å². The normalized spacial score (nSPS) is 13.9. The van der Waals surface area contributed by atoms with Crippen LogP contribution in [0, 0.1) is 0 Å². The van der Waals surface area contributed by atoms with Gasteiger partial charge in [0.25, 0.3) is 0 Å². The van der Waals surface area contributed by atoms with Crippen molar-refractivity contribution in [1.82, 2.24) is 0 Å². The van der Waals surface area contributed by atoms with Gasteiger partial charge < -0.3 is 14.7 Å². The molecule has 5 nitrogen and oxygen atoms in total. The lowest BCUT2D eigenvalue weighted by Gasteiger charge is -2.12. The van der Waals surface area contributed by atoms with Crippen LogP contribution in [0.5, 0.6) is 5.75 Å². The summed E-state index contributed by atoms with van der Waals surface area (Å²) in [6.07, 6.45) is 0.246. The van der Waals surface area contributed by atoms with Gasteiger partial charge in [-0.1, -0.05) is 0 Å². The van der Waals surface area contributed by atoms with Crippen molar-refractivity contribution in [3.05, 3.63) is 23.3 Å². The standard InChI is InChI=1S/C11H11NO4/c1-12-8-5-9(16-2)7(11(14)15)3-6(8)4-10(12)13/h3,5H,4H2,1-2H3,(H,14,15). The first-order valence-corrected chi connectivity index (χ1v) is 4.75. The van der Waals surface area contributed by atoms with E-state index in [0.29, 0.717) is 5.69 Å². The van der Waals surface area contributed by atoms with E-state index in [1.165, 1.54) is 18.1 Å². The minimum atomic E-state index is -1.05.